The van der Waals surface area contributed by atoms with E-state index in [-0.39, 0.29) is 32.6 Å². The van der Waals surface area contributed by atoms with Crippen LogP contribution in [0.15, 0.2) is 158 Å². The largest absolute Gasteiger partial charge is 0.472 e. The normalized spacial score (nSPS) is 14.4. The third kappa shape index (κ3) is 53.0. The van der Waals surface area contributed by atoms with Crippen LogP contribution in [0.2, 0.25) is 0 Å². The summed E-state index contributed by atoms with van der Waals surface area (Å²) in [7, 11) is -4.40. The molecule has 0 saturated carbocycles. The first-order valence-corrected chi connectivity index (χ1v) is 28.0. The fourth-order valence-corrected chi connectivity index (χ4v) is 7.03. The minimum absolute atomic E-state index is 0.0365. The highest BCUT2D eigenvalue weighted by molar-refractivity contribution is 7.47. The molecule has 2 unspecified atom stereocenters. The van der Waals surface area contributed by atoms with Crippen molar-refractivity contribution in [3.8, 4) is 0 Å². The number of carbonyl (C=O) groups is 2. The van der Waals surface area contributed by atoms with E-state index in [1.165, 1.54) is 0 Å². The number of rotatable bonds is 47. The van der Waals surface area contributed by atoms with Crippen molar-refractivity contribution in [3.63, 3.8) is 0 Å². The van der Waals surface area contributed by atoms with E-state index >= 15 is 0 Å². The van der Waals surface area contributed by atoms with E-state index in [1.54, 1.807) is 0 Å². The Kier molecular flexibility index (Phi) is 50.6. The molecule has 0 amide bonds. The van der Waals surface area contributed by atoms with Gasteiger partial charge in [-0.25, -0.2) is 4.57 Å². The molecule has 0 aromatic carbocycles. The number of carbonyl (C=O) groups excluding carboxylic acids is 2. The first-order chi connectivity index (χ1) is 34.3. The molecule has 0 aliphatic rings. The lowest BCUT2D eigenvalue weighted by Crippen LogP contribution is -2.29. The number of esters is 2. The van der Waals surface area contributed by atoms with Crippen molar-refractivity contribution in [1.29, 1.82) is 0 Å². The lowest BCUT2D eigenvalue weighted by atomic mass is 10.1. The third-order valence-corrected chi connectivity index (χ3v) is 11.1. The molecule has 0 saturated heterocycles. The van der Waals surface area contributed by atoms with Gasteiger partial charge in [-0.1, -0.05) is 198 Å². The summed E-state index contributed by atoms with van der Waals surface area (Å²) in [5.41, 5.74) is 5.35. The van der Waals surface area contributed by atoms with Gasteiger partial charge in [0, 0.05) is 19.4 Å². The van der Waals surface area contributed by atoms with Crippen molar-refractivity contribution in [2.24, 2.45) is 5.73 Å². The number of ether oxygens (including phenoxy) is 2. The van der Waals surface area contributed by atoms with Gasteiger partial charge in [0.1, 0.15) is 6.61 Å². The smallest absolute Gasteiger partial charge is 0.462 e. The van der Waals surface area contributed by atoms with Gasteiger partial charge < -0.3 is 20.1 Å². The van der Waals surface area contributed by atoms with Crippen LogP contribution in [0.25, 0.3) is 0 Å². The van der Waals surface area contributed by atoms with Gasteiger partial charge in [0.05, 0.1) is 13.2 Å². The Hall–Kier alpha value is -4.37. The van der Waals surface area contributed by atoms with Gasteiger partial charge in [-0.15, -0.1) is 0 Å². The Labute approximate surface area is 426 Å². The lowest BCUT2D eigenvalue weighted by Gasteiger charge is -2.19. The number of unbranched alkanes of at least 4 members (excludes halogenated alkanes) is 8. The highest BCUT2D eigenvalue weighted by Crippen LogP contribution is 2.43. The van der Waals surface area contributed by atoms with Crippen LogP contribution in [-0.4, -0.2) is 49.3 Å². The Morgan fingerprint density at radius 2 is 0.786 bits per heavy atom. The second kappa shape index (κ2) is 54.0. The van der Waals surface area contributed by atoms with Gasteiger partial charge in [0.2, 0.25) is 0 Å². The van der Waals surface area contributed by atoms with Crippen molar-refractivity contribution < 1.29 is 37.6 Å². The van der Waals surface area contributed by atoms with E-state index in [0.717, 1.165) is 135 Å². The molecule has 3 N–H and O–H groups in total. The molecule has 2 atom stereocenters. The Morgan fingerprint density at radius 1 is 0.443 bits per heavy atom. The zero-order valence-electron chi connectivity index (χ0n) is 43.4. The predicted octanol–water partition coefficient (Wildman–Crippen LogP) is 16.6. The van der Waals surface area contributed by atoms with Gasteiger partial charge in [-0.05, 0) is 122 Å². The summed E-state index contributed by atoms with van der Waals surface area (Å²) in [4.78, 5) is 34.9. The van der Waals surface area contributed by atoms with Crippen LogP contribution in [0.1, 0.15) is 174 Å². The van der Waals surface area contributed by atoms with Gasteiger partial charge in [0.15, 0.2) is 6.10 Å². The van der Waals surface area contributed by atoms with Gasteiger partial charge >= 0.3 is 19.8 Å². The number of hydrogen-bond acceptors (Lipinski definition) is 8. The van der Waals surface area contributed by atoms with E-state index < -0.39 is 32.5 Å². The number of nitrogens with two attached hydrogens (primary N) is 1. The average Bonchev–Trinajstić information content (AvgIpc) is 3.35. The maximum atomic E-state index is 12.6. The van der Waals surface area contributed by atoms with Gasteiger partial charge in [-0.2, -0.15) is 0 Å². The maximum absolute atomic E-state index is 12.6. The Balaban J connectivity index is 4.10. The molecule has 0 radical (unpaired) electrons. The predicted molar refractivity (Wildman–Crippen MR) is 297 cm³/mol. The molecule has 70 heavy (non-hydrogen) atoms. The van der Waals surface area contributed by atoms with E-state index in [2.05, 4.69) is 172 Å². The van der Waals surface area contributed by atoms with Crippen molar-refractivity contribution in [1.82, 2.24) is 0 Å². The standard InChI is InChI=1S/C60H94NO8P/c1-3-5-7-9-11-13-15-16-17-18-19-20-21-22-23-24-25-26-27-28-29-30-31-32-33-34-35-36-37-38-39-40-41-42-43-45-47-49-51-53-60(63)69-58(57-68-70(64,65)67-55-54-61)56-66-59(62)52-50-48-46-44-14-12-10-8-6-4-2/h5,7-8,10-11,13,16-17,19-20,22-23,25-26,28-29,31-32,34-35,37-38,40-41,43,45,58H,3-4,6,9,12,14-15,18,21,24,27,30,33,36,39,42,44,46-57,61H2,1-2H3,(H,64,65)/b7-5-,10-8-,13-11-,17-16-,20-19-,23-22-,26-25-,29-28-,32-31-,35-34-,38-37-,41-40-,45-43-. The van der Waals surface area contributed by atoms with E-state index in [9.17, 15) is 19.0 Å². The van der Waals surface area contributed by atoms with Crippen LogP contribution in [0, 0.1) is 0 Å². The van der Waals surface area contributed by atoms with Crippen molar-refractivity contribution in [2.75, 3.05) is 26.4 Å². The topological polar surface area (TPSA) is 134 Å². The molecule has 10 heteroatoms. The molecule has 0 aliphatic carbocycles. The third-order valence-electron chi connectivity index (χ3n) is 10.1. The molecule has 0 bridgehead atoms. The summed E-state index contributed by atoms with van der Waals surface area (Å²) in [5, 5.41) is 0. The second-order valence-electron chi connectivity index (χ2n) is 16.7. The van der Waals surface area contributed by atoms with E-state index in [0.29, 0.717) is 12.8 Å². The number of phosphoric ester groups is 1. The molecule has 0 rings (SSSR count). The minimum Gasteiger partial charge on any atom is -0.462 e. The zero-order chi connectivity index (χ0) is 51.0. The van der Waals surface area contributed by atoms with E-state index in [4.69, 9.17) is 24.3 Å². The lowest BCUT2D eigenvalue weighted by molar-refractivity contribution is -0.161. The van der Waals surface area contributed by atoms with Gasteiger partial charge in [-0.3, -0.25) is 18.6 Å². The highest BCUT2D eigenvalue weighted by Gasteiger charge is 2.26. The summed E-state index contributed by atoms with van der Waals surface area (Å²) in [5.74, 6) is -0.909. The fourth-order valence-electron chi connectivity index (χ4n) is 6.26. The molecular formula is C60H94NO8P. The summed E-state index contributed by atoms with van der Waals surface area (Å²) in [6, 6.07) is 0. The van der Waals surface area contributed by atoms with E-state index in [1.807, 2.05) is 0 Å². The maximum Gasteiger partial charge on any atom is 0.472 e. The molecule has 0 fully saturated rings. The summed E-state index contributed by atoms with van der Waals surface area (Å²) in [6.45, 7) is 3.45. The fraction of sp³-hybridized carbons (Fsp3) is 0.533. The Morgan fingerprint density at radius 3 is 1.21 bits per heavy atom. The molecule has 0 aromatic rings. The number of hydrogen-bond donors (Lipinski definition) is 2. The summed E-state index contributed by atoms with van der Waals surface area (Å²) >= 11 is 0. The van der Waals surface area contributed by atoms with Crippen LogP contribution < -0.4 is 5.73 Å². The average molecular weight is 988 g/mol. The zero-order valence-corrected chi connectivity index (χ0v) is 44.3. The second-order valence-corrected chi connectivity index (χ2v) is 18.1. The van der Waals surface area contributed by atoms with Crippen LogP contribution in [0.4, 0.5) is 0 Å². The first kappa shape index (κ1) is 65.6. The molecule has 0 aromatic heterocycles. The quantitative estimate of drug-likeness (QED) is 0.0264. The molecule has 0 heterocycles. The summed E-state index contributed by atoms with van der Waals surface area (Å²) in [6.07, 6.45) is 78.9. The van der Waals surface area contributed by atoms with Crippen LogP contribution in [-0.2, 0) is 32.7 Å². The van der Waals surface area contributed by atoms with Crippen molar-refractivity contribution in [3.05, 3.63) is 158 Å². The molecule has 9 nitrogen and oxygen atoms in total. The van der Waals surface area contributed by atoms with Crippen LogP contribution in [0.5, 0.6) is 0 Å². The first-order valence-electron chi connectivity index (χ1n) is 26.5. The summed E-state index contributed by atoms with van der Waals surface area (Å²) < 4.78 is 32.7. The minimum atomic E-state index is -4.40. The highest BCUT2D eigenvalue weighted by atomic mass is 31.2. The SMILES string of the molecule is CC/C=C\C/C=C\C/C=C\C/C=C\C/C=C\C/C=C\C/C=C\C/C=C\C/C=C\C/C=C\C/C=C\C/C=C\CCCCC(=O)OC(COC(=O)CCCCCCC/C=C\CCC)COP(=O)(O)OCCN. The molecular weight excluding hydrogens is 894 g/mol. The molecule has 0 aliphatic heterocycles. The monoisotopic (exact) mass is 988 g/mol. The number of phosphoric acid groups is 1. The van der Waals surface area contributed by atoms with Crippen molar-refractivity contribution >= 4 is 19.8 Å². The Bertz CT molecular complexity index is 1690. The van der Waals surface area contributed by atoms with Gasteiger partial charge in [0.25, 0.3) is 0 Å². The molecule has 0 spiro atoms. The number of allylic oxidation sites excluding steroid dienone is 26. The molecule has 392 valence electrons. The van der Waals surface area contributed by atoms with Crippen molar-refractivity contribution in [2.45, 2.75) is 180 Å². The van der Waals surface area contributed by atoms with Crippen LogP contribution >= 0.6 is 7.82 Å². The van der Waals surface area contributed by atoms with Crippen LogP contribution in [0.3, 0.4) is 0 Å².